The number of benzene rings is 2. The van der Waals surface area contributed by atoms with Crippen LogP contribution in [0.2, 0.25) is 0 Å². The first kappa shape index (κ1) is 18.9. The van der Waals surface area contributed by atoms with Gasteiger partial charge in [-0.25, -0.2) is 0 Å². The molecule has 1 saturated heterocycles. The number of nitrogens with zero attached hydrogens (tertiary/aromatic N) is 2. The molecule has 1 fully saturated rings. The summed E-state index contributed by atoms with van der Waals surface area (Å²) in [5, 5.41) is 2.90. The molecule has 3 rings (SSSR count). The lowest BCUT2D eigenvalue weighted by Gasteiger charge is -2.20. The van der Waals surface area contributed by atoms with E-state index >= 15 is 0 Å². The maximum atomic E-state index is 12.3. The highest BCUT2D eigenvalue weighted by Crippen LogP contribution is 2.33. The maximum Gasteiger partial charge on any atom is 0.238 e. The second-order valence-corrected chi connectivity index (χ2v) is 6.74. The van der Waals surface area contributed by atoms with Crippen LogP contribution in [0.5, 0.6) is 5.75 Å². The third kappa shape index (κ3) is 4.86. The fourth-order valence-corrected chi connectivity index (χ4v) is 3.28. The minimum atomic E-state index is -0.0968. The average Bonchev–Trinajstić information content (AvgIpc) is 3.08. The van der Waals surface area contributed by atoms with Crippen molar-refractivity contribution in [2.45, 2.75) is 19.4 Å². The molecule has 1 N–H and O–H groups in total. The minimum absolute atomic E-state index is 0.0968. The molecular weight excluding hydrogens is 342 g/mol. The van der Waals surface area contributed by atoms with Gasteiger partial charge in [-0.05, 0) is 31.2 Å². The second-order valence-electron chi connectivity index (χ2n) is 6.74. The lowest BCUT2D eigenvalue weighted by atomic mass is 10.2. The van der Waals surface area contributed by atoms with Gasteiger partial charge in [-0.1, -0.05) is 30.3 Å². The number of rotatable bonds is 7. The van der Waals surface area contributed by atoms with Crippen LogP contribution in [0.3, 0.4) is 0 Å². The van der Waals surface area contributed by atoms with E-state index in [-0.39, 0.29) is 18.4 Å². The molecule has 0 spiro atoms. The van der Waals surface area contributed by atoms with Gasteiger partial charge in [-0.2, -0.15) is 0 Å². The van der Waals surface area contributed by atoms with Crippen LogP contribution in [0, 0.1) is 0 Å². The molecule has 1 aliphatic heterocycles. The molecule has 0 aliphatic carbocycles. The third-order valence-corrected chi connectivity index (χ3v) is 4.54. The van der Waals surface area contributed by atoms with Gasteiger partial charge in [0, 0.05) is 31.3 Å². The SMILES string of the molecule is COc1cc(NC(=O)CN(C)Cc2ccccc2)ccc1N1CCCC1=O. The molecule has 6 heteroatoms. The predicted octanol–water partition coefficient (Wildman–Crippen LogP) is 2.89. The number of carbonyl (C=O) groups is 2. The molecule has 6 nitrogen and oxygen atoms in total. The van der Waals surface area contributed by atoms with Crippen molar-refractivity contribution in [3.8, 4) is 5.75 Å². The molecule has 0 radical (unpaired) electrons. The van der Waals surface area contributed by atoms with Crippen molar-refractivity contribution in [1.29, 1.82) is 0 Å². The van der Waals surface area contributed by atoms with Crippen LogP contribution < -0.4 is 15.0 Å². The lowest BCUT2D eigenvalue weighted by molar-refractivity contribution is -0.117. The van der Waals surface area contributed by atoms with E-state index in [1.807, 2.05) is 48.3 Å². The Bertz CT molecular complexity index is 808. The lowest BCUT2D eigenvalue weighted by Crippen LogP contribution is -2.30. The number of nitrogens with one attached hydrogen (secondary N) is 1. The molecule has 0 saturated carbocycles. The predicted molar refractivity (Wildman–Crippen MR) is 106 cm³/mol. The Morgan fingerprint density at radius 2 is 2.00 bits per heavy atom. The van der Waals surface area contributed by atoms with E-state index in [1.165, 1.54) is 0 Å². The number of likely N-dealkylation sites (N-methyl/N-ethyl adjacent to an activating group) is 1. The Labute approximate surface area is 159 Å². The first-order valence-electron chi connectivity index (χ1n) is 9.07. The molecule has 2 aromatic carbocycles. The summed E-state index contributed by atoms with van der Waals surface area (Å²) < 4.78 is 5.43. The normalized spacial score (nSPS) is 13.9. The third-order valence-electron chi connectivity index (χ3n) is 4.54. The highest BCUT2D eigenvalue weighted by molar-refractivity contribution is 5.98. The summed E-state index contributed by atoms with van der Waals surface area (Å²) in [5.41, 5.74) is 2.56. The number of hydrogen-bond donors (Lipinski definition) is 1. The van der Waals surface area contributed by atoms with Crippen LogP contribution in [0.25, 0.3) is 0 Å². The maximum absolute atomic E-state index is 12.3. The molecule has 0 bridgehead atoms. The molecule has 27 heavy (non-hydrogen) atoms. The van der Waals surface area contributed by atoms with Crippen molar-refractivity contribution < 1.29 is 14.3 Å². The zero-order chi connectivity index (χ0) is 19.2. The molecular formula is C21H25N3O3. The monoisotopic (exact) mass is 367 g/mol. The van der Waals surface area contributed by atoms with Crippen LogP contribution in [-0.2, 0) is 16.1 Å². The van der Waals surface area contributed by atoms with Gasteiger partial charge in [0.1, 0.15) is 5.75 Å². The molecule has 1 heterocycles. The van der Waals surface area contributed by atoms with E-state index in [0.29, 0.717) is 30.9 Å². The average molecular weight is 367 g/mol. The number of amides is 2. The van der Waals surface area contributed by atoms with E-state index in [2.05, 4.69) is 5.32 Å². The Hall–Kier alpha value is -2.86. The molecule has 2 aromatic rings. The molecule has 0 unspecified atom stereocenters. The second kappa shape index (κ2) is 8.68. The number of ether oxygens (including phenoxy) is 1. The van der Waals surface area contributed by atoms with Gasteiger partial charge in [-0.15, -0.1) is 0 Å². The summed E-state index contributed by atoms with van der Waals surface area (Å²) in [5.74, 6) is 0.591. The van der Waals surface area contributed by atoms with Crippen molar-refractivity contribution in [3.63, 3.8) is 0 Å². The van der Waals surface area contributed by atoms with Gasteiger partial charge in [0.25, 0.3) is 0 Å². The summed E-state index contributed by atoms with van der Waals surface area (Å²) >= 11 is 0. The number of carbonyl (C=O) groups excluding carboxylic acids is 2. The van der Waals surface area contributed by atoms with E-state index in [9.17, 15) is 9.59 Å². The minimum Gasteiger partial charge on any atom is -0.494 e. The summed E-state index contributed by atoms with van der Waals surface area (Å²) in [6.45, 7) is 1.68. The molecule has 0 aromatic heterocycles. The number of anilines is 2. The number of hydrogen-bond acceptors (Lipinski definition) is 4. The molecule has 142 valence electrons. The zero-order valence-corrected chi connectivity index (χ0v) is 15.8. The number of methoxy groups -OCH3 is 1. The van der Waals surface area contributed by atoms with Crippen LogP contribution in [-0.4, -0.2) is 44.0 Å². The summed E-state index contributed by atoms with van der Waals surface area (Å²) in [6, 6.07) is 15.4. The van der Waals surface area contributed by atoms with Gasteiger partial charge in [0.15, 0.2) is 0 Å². The Morgan fingerprint density at radius 1 is 1.22 bits per heavy atom. The highest BCUT2D eigenvalue weighted by Gasteiger charge is 2.24. The highest BCUT2D eigenvalue weighted by atomic mass is 16.5. The van der Waals surface area contributed by atoms with Gasteiger partial charge < -0.3 is 15.0 Å². The van der Waals surface area contributed by atoms with E-state index in [0.717, 1.165) is 17.7 Å². The first-order chi connectivity index (χ1) is 13.1. The Kier molecular flexibility index (Phi) is 6.08. The van der Waals surface area contributed by atoms with Crippen molar-refractivity contribution in [1.82, 2.24) is 4.90 Å². The van der Waals surface area contributed by atoms with Crippen molar-refractivity contribution in [2.24, 2.45) is 0 Å². The van der Waals surface area contributed by atoms with Crippen LogP contribution >= 0.6 is 0 Å². The fourth-order valence-electron chi connectivity index (χ4n) is 3.28. The van der Waals surface area contributed by atoms with E-state index < -0.39 is 0 Å². The van der Waals surface area contributed by atoms with Crippen molar-refractivity contribution in [3.05, 3.63) is 54.1 Å². The molecule has 0 atom stereocenters. The van der Waals surface area contributed by atoms with Gasteiger partial charge >= 0.3 is 0 Å². The quantitative estimate of drug-likeness (QED) is 0.817. The standard InChI is InChI=1S/C21H25N3O3/c1-23(14-16-7-4-3-5-8-16)15-20(25)22-17-10-11-18(19(13-17)27-2)24-12-6-9-21(24)26/h3-5,7-8,10-11,13H,6,9,12,14-15H2,1-2H3,(H,22,25). The van der Waals surface area contributed by atoms with Crippen molar-refractivity contribution >= 4 is 23.2 Å². The van der Waals surface area contributed by atoms with Crippen LogP contribution in [0.1, 0.15) is 18.4 Å². The van der Waals surface area contributed by atoms with Gasteiger partial charge in [0.05, 0.1) is 19.3 Å². The molecule has 1 aliphatic rings. The van der Waals surface area contributed by atoms with E-state index in [4.69, 9.17) is 4.74 Å². The topological polar surface area (TPSA) is 61.9 Å². The van der Waals surface area contributed by atoms with Crippen LogP contribution in [0.4, 0.5) is 11.4 Å². The Balaban J connectivity index is 1.61. The Morgan fingerprint density at radius 3 is 2.67 bits per heavy atom. The smallest absolute Gasteiger partial charge is 0.238 e. The summed E-state index contributed by atoms with van der Waals surface area (Å²) in [7, 11) is 3.48. The van der Waals surface area contributed by atoms with Gasteiger partial charge in [0.2, 0.25) is 11.8 Å². The summed E-state index contributed by atoms with van der Waals surface area (Å²) in [4.78, 5) is 28.0. The van der Waals surface area contributed by atoms with Crippen molar-refractivity contribution in [2.75, 3.05) is 37.5 Å². The molecule has 2 amide bonds. The summed E-state index contributed by atoms with van der Waals surface area (Å²) in [6.07, 6.45) is 1.42. The van der Waals surface area contributed by atoms with E-state index in [1.54, 1.807) is 24.1 Å². The van der Waals surface area contributed by atoms with Gasteiger partial charge in [-0.3, -0.25) is 14.5 Å². The largest absolute Gasteiger partial charge is 0.494 e. The zero-order valence-electron chi connectivity index (χ0n) is 15.8. The fraction of sp³-hybridized carbons (Fsp3) is 0.333. The first-order valence-corrected chi connectivity index (χ1v) is 9.07. The van der Waals surface area contributed by atoms with Crippen LogP contribution in [0.15, 0.2) is 48.5 Å².